The zero-order valence-electron chi connectivity index (χ0n) is 10.6. The van der Waals surface area contributed by atoms with Gasteiger partial charge in [0.05, 0.1) is 18.5 Å². The third kappa shape index (κ3) is 2.91. The van der Waals surface area contributed by atoms with Crippen molar-refractivity contribution in [1.82, 2.24) is 9.97 Å². The van der Waals surface area contributed by atoms with Crippen LogP contribution in [0.5, 0.6) is 5.75 Å². The molecular formula is C13H16FN3O2. The second kappa shape index (κ2) is 5.81. The minimum Gasteiger partial charge on any atom is -0.491 e. The number of nitrogens with zero attached hydrogens (tertiary/aromatic N) is 1. The fraction of sp³-hybridized carbons (Fsp3) is 0.308. The summed E-state index contributed by atoms with van der Waals surface area (Å²) >= 11 is 0. The van der Waals surface area contributed by atoms with Crippen LogP contribution in [0, 0.1) is 5.82 Å². The van der Waals surface area contributed by atoms with E-state index in [1.54, 1.807) is 19.1 Å². The Morgan fingerprint density at radius 2 is 2.32 bits per heavy atom. The number of hydrogen-bond donors (Lipinski definition) is 3. The Balaban J connectivity index is 2.27. The van der Waals surface area contributed by atoms with Crippen molar-refractivity contribution in [2.45, 2.75) is 13.0 Å². The first kappa shape index (κ1) is 13.5. The second-order valence-corrected chi connectivity index (χ2v) is 4.01. The van der Waals surface area contributed by atoms with Crippen molar-refractivity contribution in [3.63, 3.8) is 0 Å². The molecule has 0 saturated heterocycles. The number of aliphatic hydroxyl groups is 1. The number of H-pyrrole nitrogens is 1. The highest BCUT2D eigenvalue weighted by molar-refractivity contribution is 5.60. The molecule has 0 aliphatic rings. The maximum absolute atomic E-state index is 13.7. The lowest BCUT2D eigenvalue weighted by molar-refractivity contribution is 0.177. The van der Waals surface area contributed by atoms with E-state index >= 15 is 0 Å². The first-order chi connectivity index (χ1) is 9.15. The van der Waals surface area contributed by atoms with Crippen molar-refractivity contribution in [2.24, 2.45) is 5.73 Å². The van der Waals surface area contributed by atoms with Gasteiger partial charge in [-0.1, -0.05) is 0 Å². The summed E-state index contributed by atoms with van der Waals surface area (Å²) in [5.74, 6) is 0.148. The molecule has 2 aromatic rings. The molecule has 0 radical (unpaired) electrons. The van der Waals surface area contributed by atoms with E-state index in [0.29, 0.717) is 23.7 Å². The molecule has 1 aromatic carbocycles. The highest BCUT2D eigenvalue weighted by Crippen LogP contribution is 2.25. The fourth-order valence-electron chi connectivity index (χ4n) is 1.71. The molecule has 6 heteroatoms. The molecule has 0 aliphatic carbocycles. The van der Waals surface area contributed by atoms with Crippen molar-refractivity contribution in [3.05, 3.63) is 36.0 Å². The number of aromatic amines is 1. The Morgan fingerprint density at radius 1 is 1.53 bits per heavy atom. The van der Waals surface area contributed by atoms with Gasteiger partial charge in [0.25, 0.3) is 0 Å². The summed E-state index contributed by atoms with van der Waals surface area (Å²) in [6.45, 7) is 2.28. The molecule has 0 aliphatic heterocycles. The Labute approximate surface area is 110 Å². The highest BCUT2D eigenvalue weighted by Gasteiger charge is 2.12. The van der Waals surface area contributed by atoms with Gasteiger partial charge >= 0.3 is 0 Å². The van der Waals surface area contributed by atoms with Crippen molar-refractivity contribution in [2.75, 3.05) is 13.2 Å². The van der Waals surface area contributed by atoms with Crippen LogP contribution in [-0.2, 0) is 0 Å². The molecular weight excluding hydrogens is 249 g/mol. The number of ether oxygens (including phenoxy) is 1. The van der Waals surface area contributed by atoms with Gasteiger partial charge in [0.15, 0.2) is 11.6 Å². The average molecular weight is 265 g/mol. The summed E-state index contributed by atoms with van der Waals surface area (Å²) in [4.78, 5) is 6.92. The van der Waals surface area contributed by atoms with Crippen molar-refractivity contribution < 1.29 is 14.2 Å². The Kier molecular flexibility index (Phi) is 4.13. The molecule has 102 valence electrons. The van der Waals surface area contributed by atoms with Crippen LogP contribution in [-0.4, -0.2) is 28.2 Å². The Bertz CT molecular complexity index is 557. The molecule has 2 rings (SSSR count). The van der Waals surface area contributed by atoms with Crippen LogP contribution in [0.3, 0.4) is 0 Å². The van der Waals surface area contributed by atoms with Gasteiger partial charge in [0.2, 0.25) is 0 Å². The Hall–Kier alpha value is -1.92. The standard InChI is InChI=1S/C13H16FN3O2/c1-2-19-12-4-3-8(5-9(12)14)10-7-16-13(17-10)11(18)6-15/h3-5,7,11,18H,2,6,15H2,1H3,(H,16,17). The fourth-order valence-corrected chi connectivity index (χ4v) is 1.71. The minimum absolute atomic E-state index is 0.0740. The topological polar surface area (TPSA) is 84.2 Å². The van der Waals surface area contributed by atoms with Crippen LogP contribution in [0.4, 0.5) is 4.39 Å². The van der Waals surface area contributed by atoms with Crippen LogP contribution >= 0.6 is 0 Å². The number of imidazole rings is 1. The van der Waals surface area contributed by atoms with E-state index in [1.807, 2.05) is 0 Å². The SMILES string of the molecule is CCOc1ccc(-c2cnc(C(O)CN)[nH]2)cc1F. The minimum atomic E-state index is -0.846. The number of rotatable bonds is 5. The van der Waals surface area contributed by atoms with E-state index in [-0.39, 0.29) is 12.3 Å². The van der Waals surface area contributed by atoms with Gasteiger partial charge in [-0.05, 0) is 25.1 Å². The van der Waals surface area contributed by atoms with E-state index < -0.39 is 11.9 Å². The largest absolute Gasteiger partial charge is 0.491 e. The lowest BCUT2D eigenvalue weighted by Crippen LogP contribution is -2.12. The molecule has 1 unspecified atom stereocenters. The van der Waals surface area contributed by atoms with E-state index in [2.05, 4.69) is 9.97 Å². The molecule has 19 heavy (non-hydrogen) atoms. The van der Waals surface area contributed by atoms with Gasteiger partial charge in [-0.2, -0.15) is 0 Å². The van der Waals surface area contributed by atoms with Crippen LogP contribution in [0.2, 0.25) is 0 Å². The number of halogens is 1. The van der Waals surface area contributed by atoms with Gasteiger partial charge in [-0.15, -0.1) is 0 Å². The van der Waals surface area contributed by atoms with Crippen LogP contribution < -0.4 is 10.5 Å². The predicted octanol–water partition coefficient (Wildman–Crippen LogP) is 1.61. The number of aliphatic hydroxyl groups excluding tert-OH is 1. The summed E-state index contributed by atoms with van der Waals surface area (Å²) in [6, 6.07) is 4.64. The molecule has 0 spiro atoms. The van der Waals surface area contributed by atoms with Crippen molar-refractivity contribution >= 4 is 0 Å². The molecule has 1 heterocycles. The van der Waals surface area contributed by atoms with Crippen LogP contribution in [0.1, 0.15) is 18.9 Å². The smallest absolute Gasteiger partial charge is 0.165 e. The molecule has 0 fully saturated rings. The Morgan fingerprint density at radius 3 is 2.95 bits per heavy atom. The third-order valence-corrected chi connectivity index (χ3v) is 2.68. The third-order valence-electron chi connectivity index (χ3n) is 2.68. The second-order valence-electron chi connectivity index (χ2n) is 4.01. The van der Waals surface area contributed by atoms with Crippen molar-refractivity contribution in [1.29, 1.82) is 0 Å². The summed E-state index contributed by atoms with van der Waals surface area (Å²) in [7, 11) is 0. The predicted molar refractivity (Wildman–Crippen MR) is 69.2 cm³/mol. The summed E-state index contributed by atoms with van der Waals surface area (Å²) in [6.07, 6.45) is 0.685. The first-order valence-electron chi connectivity index (χ1n) is 6.01. The quantitative estimate of drug-likeness (QED) is 0.766. The van der Waals surface area contributed by atoms with Gasteiger partial charge < -0.3 is 20.6 Å². The maximum Gasteiger partial charge on any atom is 0.165 e. The highest BCUT2D eigenvalue weighted by atomic mass is 19.1. The van der Waals surface area contributed by atoms with Crippen LogP contribution in [0.15, 0.2) is 24.4 Å². The lowest BCUT2D eigenvalue weighted by atomic mass is 10.1. The van der Waals surface area contributed by atoms with Crippen LogP contribution in [0.25, 0.3) is 11.3 Å². The first-order valence-corrected chi connectivity index (χ1v) is 6.01. The zero-order valence-corrected chi connectivity index (χ0v) is 10.6. The van der Waals surface area contributed by atoms with E-state index in [4.69, 9.17) is 10.5 Å². The summed E-state index contributed by atoms with van der Waals surface area (Å²) in [5, 5.41) is 9.55. The average Bonchev–Trinajstić information content (AvgIpc) is 2.90. The molecule has 1 aromatic heterocycles. The number of hydrogen-bond acceptors (Lipinski definition) is 4. The number of nitrogens with one attached hydrogen (secondary N) is 1. The van der Waals surface area contributed by atoms with Gasteiger partial charge in [0, 0.05) is 12.1 Å². The van der Waals surface area contributed by atoms with E-state index in [9.17, 15) is 9.50 Å². The van der Waals surface area contributed by atoms with Gasteiger partial charge in [0.1, 0.15) is 11.9 Å². The number of nitrogens with two attached hydrogens (primary N) is 1. The normalized spacial score (nSPS) is 12.4. The van der Waals surface area contributed by atoms with Gasteiger partial charge in [-0.25, -0.2) is 9.37 Å². The maximum atomic E-state index is 13.7. The molecule has 0 bridgehead atoms. The lowest BCUT2D eigenvalue weighted by Gasteiger charge is -2.06. The number of aromatic nitrogens is 2. The summed E-state index contributed by atoms with van der Waals surface area (Å²) in [5.41, 5.74) is 6.59. The molecule has 1 atom stereocenters. The van der Waals surface area contributed by atoms with Crippen molar-refractivity contribution in [3.8, 4) is 17.0 Å². The zero-order chi connectivity index (χ0) is 13.8. The van der Waals surface area contributed by atoms with E-state index in [0.717, 1.165) is 0 Å². The monoisotopic (exact) mass is 265 g/mol. The summed E-state index contributed by atoms with van der Waals surface area (Å²) < 4.78 is 18.9. The molecule has 5 nitrogen and oxygen atoms in total. The number of benzene rings is 1. The molecule has 0 saturated carbocycles. The molecule has 4 N–H and O–H groups in total. The molecule has 0 amide bonds. The van der Waals surface area contributed by atoms with E-state index in [1.165, 1.54) is 12.3 Å². The van der Waals surface area contributed by atoms with Gasteiger partial charge in [-0.3, -0.25) is 0 Å².